The molecule has 0 radical (unpaired) electrons. The van der Waals surface area contributed by atoms with E-state index in [2.05, 4.69) is 26.1 Å². The number of rotatable bonds is 4. The summed E-state index contributed by atoms with van der Waals surface area (Å²) in [6.45, 7) is 6.45. The minimum absolute atomic E-state index is 0.128. The standard InChI is InChI=1S/C14H27NO2/c1-10(2)13(14(16)17-4)15-12-7-5-6-11(3)8-9-12/h10-13,15H,5-9H2,1-4H3/t11?,12?,13-/m0/s1. The van der Waals surface area contributed by atoms with Crippen molar-refractivity contribution in [1.29, 1.82) is 0 Å². The molecule has 3 atom stereocenters. The van der Waals surface area contributed by atoms with Crippen molar-refractivity contribution in [2.75, 3.05) is 7.11 Å². The lowest BCUT2D eigenvalue weighted by Gasteiger charge is -2.25. The third-order valence-electron chi connectivity index (χ3n) is 3.79. The van der Waals surface area contributed by atoms with Gasteiger partial charge in [-0.15, -0.1) is 0 Å². The Kier molecular flexibility index (Phi) is 5.96. The van der Waals surface area contributed by atoms with Gasteiger partial charge in [0.15, 0.2) is 0 Å². The number of nitrogens with one attached hydrogen (secondary N) is 1. The molecule has 0 aliphatic heterocycles. The molecule has 1 fully saturated rings. The van der Waals surface area contributed by atoms with E-state index >= 15 is 0 Å². The van der Waals surface area contributed by atoms with Crippen molar-refractivity contribution in [2.24, 2.45) is 11.8 Å². The van der Waals surface area contributed by atoms with Gasteiger partial charge in [-0.2, -0.15) is 0 Å². The van der Waals surface area contributed by atoms with E-state index in [1.54, 1.807) is 0 Å². The maximum atomic E-state index is 11.7. The van der Waals surface area contributed by atoms with Crippen molar-refractivity contribution in [2.45, 2.75) is 65.0 Å². The Balaban J connectivity index is 2.51. The van der Waals surface area contributed by atoms with Crippen LogP contribution >= 0.6 is 0 Å². The second kappa shape index (κ2) is 7.00. The average Bonchev–Trinajstić information content (AvgIpc) is 2.49. The zero-order valence-electron chi connectivity index (χ0n) is 11.7. The van der Waals surface area contributed by atoms with E-state index in [9.17, 15) is 4.79 Å². The van der Waals surface area contributed by atoms with Crippen molar-refractivity contribution >= 4 is 5.97 Å². The van der Waals surface area contributed by atoms with E-state index in [1.165, 1.54) is 39.2 Å². The summed E-state index contributed by atoms with van der Waals surface area (Å²) in [5.74, 6) is 0.984. The van der Waals surface area contributed by atoms with Crippen molar-refractivity contribution in [3.63, 3.8) is 0 Å². The van der Waals surface area contributed by atoms with Crippen LogP contribution in [0.4, 0.5) is 0 Å². The van der Waals surface area contributed by atoms with Crippen LogP contribution in [0.3, 0.4) is 0 Å². The Morgan fingerprint density at radius 2 is 1.94 bits per heavy atom. The number of esters is 1. The maximum Gasteiger partial charge on any atom is 0.323 e. The Labute approximate surface area is 105 Å². The molecule has 0 aromatic heterocycles. The zero-order chi connectivity index (χ0) is 12.8. The normalized spacial score (nSPS) is 27.6. The molecule has 0 heterocycles. The molecule has 0 aromatic rings. The highest BCUT2D eigenvalue weighted by Crippen LogP contribution is 2.23. The molecular weight excluding hydrogens is 214 g/mol. The molecule has 2 unspecified atom stereocenters. The molecule has 1 N–H and O–H groups in total. The fourth-order valence-corrected chi connectivity index (χ4v) is 2.57. The van der Waals surface area contributed by atoms with Gasteiger partial charge in [0.05, 0.1) is 7.11 Å². The third kappa shape index (κ3) is 4.66. The van der Waals surface area contributed by atoms with Crippen LogP contribution in [0.5, 0.6) is 0 Å². The molecule has 0 bridgehead atoms. The van der Waals surface area contributed by atoms with E-state index in [0.29, 0.717) is 6.04 Å². The molecule has 100 valence electrons. The van der Waals surface area contributed by atoms with Gasteiger partial charge in [-0.1, -0.05) is 33.6 Å². The summed E-state index contributed by atoms with van der Waals surface area (Å²) >= 11 is 0. The molecule has 0 saturated heterocycles. The van der Waals surface area contributed by atoms with Crippen LogP contribution in [-0.4, -0.2) is 25.2 Å². The summed E-state index contributed by atoms with van der Waals surface area (Å²) in [5.41, 5.74) is 0. The first-order valence-corrected chi connectivity index (χ1v) is 6.88. The van der Waals surface area contributed by atoms with E-state index < -0.39 is 0 Å². The zero-order valence-corrected chi connectivity index (χ0v) is 11.7. The van der Waals surface area contributed by atoms with Crippen LogP contribution in [0.1, 0.15) is 52.9 Å². The Morgan fingerprint density at radius 1 is 1.24 bits per heavy atom. The van der Waals surface area contributed by atoms with Crippen LogP contribution in [0.15, 0.2) is 0 Å². The van der Waals surface area contributed by atoms with Crippen LogP contribution in [-0.2, 0) is 9.53 Å². The molecular formula is C14H27NO2. The van der Waals surface area contributed by atoms with Gasteiger partial charge in [0.1, 0.15) is 6.04 Å². The molecule has 17 heavy (non-hydrogen) atoms. The summed E-state index contributed by atoms with van der Waals surface area (Å²) < 4.78 is 4.87. The highest BCUT2D eigenvalue weighted by Gasteiger charge is 2.26. The van der Waals surface area contributed by atoms with Crippen molar-refractivity contribution in [3.05, 3.63) is 0 Å². The van der Waals surface area contributed by atoms with Crippen molar-refractivity contribution < 1.29 is 9.53 Å². The lowest BCUT2D eigenvalue weighted by atomic mass is 10.0. The second-order valence-electron chi connectivity index (χ2n) is 5.72. The molecule has 0 spiro atoms. The maximum absolute atomic E-state index is 11.7. The summed E-state index contributed by atoms with van der Waals surface area (Å²) in [5, 5.41) is 3.49. The summed E-state index contributed by atoms with van der Waals surface area (Å²) in [4.78, 5) is 11.7. The van der Waals surface area contributed by atoms with Crippen molar-refractivity contribution in [3.8, 4) is 0 Å². The van der Waals surface area contributed by atoms with Gasteiger partial charge in [0.25, 0.3) is 0 Å². The molecule has 0 amide bonds. The van der Waals surface area contributed by atoms with Gasteiger partial charge >= 0.3 is 5.97 Å². The van der Waals surface area contributed by atoms with Gasteiger partial charge in [-0.3, -0.25) is 4.79 Å². The molecule has 3 heteroatoms. The quantitative estimate of drug-likeness (QED) is 0.607. The predicted molar refractivity (Wildman–Crippen MR) is 69.8 cm³/mol. The Bertz CT molecular complexity index is 240. The highest BCUT2D eigenvalue weighted by molar-refractivity contribution is 5.75. The van der Waals surface area contributed by atoms with Gasteiger partial charge in [0.2, 0.25) is 0 Å². The smallest absolute Gasteiger partial charge is 0.323 e. The summed E-state index contributed by atoms with van der Waals surface area (Å²) in [6.07, 6.45) is 6.23. The van der Waals surface area contributed by atoms with Crippen LogP contribution in [0.2, 0.25) is 0 Å². The first-order valence-electron chi connectivity index (χ1n) is 6.88. The summed E-state index contributed by atoms with van der Waals surface area (Å²) in [6, 6.07) is 0.324. The van der Waals surface area contributed by atoms with Crippen LogP contribution in [0.25, 0.3) is 0 Å². The van der Waals surface area contributed by atoms with Crippen molar-refractivity contribution in [1.82, 2.24) is 5.32 Å². The first kappa shape index (κ1) is 14.5. The van der Waals surface area contributed by atoms with E-state index in [0.717, 1.165) is 5.92 Å². The minimum atomic E-state index is -0.154. The summed E-state index contributed by atoms with van der Waals surface area (Å²) in [7, 11) is 1.47. The van der Waals surface area contributed by atoms with E-state index in [-0.39, 0.29) is 17.9 Å². The minimum Gasteiger partial charge on any atom is -0.468 e. The predicted octanol–water partition coefficient (Wildman–Crippen LogP) is 2.74. The van der Waals surface area contributed by atoms with Crippen LogP contribution < -0.4 is 5.32 Å². The lowest BCUT2D eigenvalue weighted by molar-refractivity contribution is -0.144. The molecule has 1 aliphatic rings. The fourth-order valence-electron chi connectivity index (χ4n) is 2.57. The van der Waals surface area contributed by atoms with E-state index in [1.807, 2.05) is 0 Å². The number of carbonyl (C=O) groups is 1. The molecule has 1 aliphatic carbocycles. The van der Waals surface area contributed by atoms with Gasteiger partial charge in [0, 0.05) is 6.04 Å². The van der Waals surface area contributed by atoms with Gasteiger partial charge in [-0.05, 0) is 31.1 Å². The van der Waals surface area contributed by atoms with E-state index in [4.69, 9.17) is 4.74 Å². The Morgan fingerprint density at radius 3 is 2.53 bits per heavy atom. The molecule has 0 aromatic carbocycles. The molecule has 1 rings (SSSR count). The lowest BCUT2D eigenvalue weighted by Crippen LogP contribution is -2.47. The Hall–Kier alpha value is -0.570. The highest BCUT2D eigenvalue weighted by atomic mass is 16.5. The fraction of sp³-hybridized carbons (Fsp3) is 0.929. The largest absolute Gasteiger partial charge is 0.468 e. The topological polar surface area (TPSA) is 38.3 Å². The number of carbonyl (C=O) groups excluding carboxylic acids is 1. The SMILES string of the molecule is COC(=O)[C@@H](NC1CCCC(C)CC1)C(C)C. The van der Waals surface area contributed by atoms with Crippen LogP contribution in [0, 0.1) is 11.8 Å². The third-order valence-corrected chi connectivity index (χ3v) is 3.79. The number of methoxy groups -OCH3 is 1. The number of hydrogen-bond acceptors (Lipinski definition) is 3. The average molecular weight is 241 g/mol. The first-order chi connectivity index (χ1) is 8.04. The van der Waals surface area contributed by atoms with Gasteiger partial charge in [-0.25, -0.2) is 0 Å². The monoisotopic (exact) mass is 241 g/mol. The second-order valence-corrected chi connectivity index (χ2v) is 5.72. The number of ether oxygens (including phenoxy) is 1. The number of hydrogen-bond donors (Lipinski definition) is 1. The molecule has 1 saturated carbocycles. The van der Waals surface area contributed by atoms with Gasteiger partial charge < -0.3 is 10.1 Å². The molecule has 3 nitrogen and oxygen atoms in total.